The van der Waals surface area contributed by atoms with E-state index in [0.29, 0.717) is 30.3 Å². The van der Waals surface area contributed by atoms with Gasteiger partial charge in [0.1, 0.15) is 19.0 Å². The molecule has 0 N–H and O–H groups in total. The summed E-state index contributed by atoms with van der Waals surface area (Å²) >= 11 is 0. The zero-order valence-electron chi connectivity index (χ0n) is 13.2. The van der Waals surface area contributed by atoms with E-state index in [4.69, 9.17) is 9.47 Å². The molecule has 6 nitrogen and oxygen atoms in total. The number of benzene rings is 1. The molecule has 6 heteroatoms. The van der Waals surface area contributed by atoms with Crippen molar-refractivity contribution >= 4 is 11.7 Å². The second-order valence-electron chi connectivity index (χ2n) is 6.07. The Morgan fingerprint density at radius 3 is 2.87 bits per heavy atom. The van der Waals surface area contributed by atoms with Crippen LogP contribution in [0.4, 0.5) is 5.82 Å². The lowest BCUT2D eigenvalue weighted by atomic mass is 10.0. The molecule has 1 amide bonds. The number of hydrogen-bond donors (Lipinski definition) is 0. The number of nitrogens with zero attached hydrogens (tertiary/aromatic N) is 3. The Morgan fingerprint density at radius 1 is 1.17 bits per heavy atom. The number of aromatic nitrogens is 2. The zero-order chi connectivity index (χ0) is 16.0. The number of carbonyl (C=O) groups excluding carboxylic acids is 1. The van der Waals surface area contributed by atoms with E-state index in [1.165, 1.54) is 0 Å². The third-order valence-electron chi connectivity index (χ3n) is 4.45. The first-order chi connectivity index (χ1) is 11.2. The van der Waals surface area contributed by atoms with Crippen LogP contribution in [0.2, 0.25) is 0 Å². The van der Waals surface area contributed by atoms with Gasteiger partial charge in [0.15, 0.2) is 11.5 Å². The highest BCUT2D eigenvalue weighted by Gasteiger charge is 2.35. The molecule has 3 heterocycles. The van der Waals surface area contributed by atoms with Crippen molar-refractivity contribution in [3.63, 3.8) is 0 Å². The van der Waals surface area contributed by atoms with E-state index in [0.717, 1.165) is 12.2 Å². The fourth-order valence-electron chi connectivity index (χ4n) is 3.44. The van der Waals surface area contributed by atoms with Gasteiger partial charge in [0.05, 0.1) is 17.8 Å². The van der Waals surface area contributed by atoms with Crippen molar-refractivity contribution in [1.82, 2.24) is 9.78 Å². The molecule has 0 fully saturated rings. The quantitative estimate of drug-likeness (QED) is 0.812. The number of amides is 1. The van der Waals surface area contributed by atoms with E-state index in [2.05, 4.69) is 18.9 Å². The minimum Gasteiger partial charge on any atom is -0.486 e. The molecule has 2 aromatic rings. The van der Waals surface area contributed by atoms with Crippen LogP contribution in [0.5, 0.6) is 11.5 Å². The molecule has 120 valence electrons. The highest BCUT2D eigenvalue weighted by atomic mass is 16.6. The number of fused-ring (bicyclic) bond motifs is 2. The van der Waals surface area contributed by atoms with Crippen molar-refractivity contribution in [2.24, 2.45) is 0 Å². The van der Waals surface area contributed by atoms with E-state index in [1.807, 2.05) is 22.9 Å². The van der Waals surface area contributed by atoms with Crippen LogP contribution in [0.1, 0.15) is 36.7 Å². The molecular weight excluding hydrogens is 294 g/mol. The van der Waals surface area contributed by atoms with Gasteiger partial charge in [-0.05, 0) is 32.4 Å². The first kappa shape index (κ1) is 14.1. The molecule has 0 spiro atoms. The average Bonchev–Trinajstić information content (AvgIpc) is 3.04. The summed E-state index contributed by atoms with van der Waals surface area (Å²) in [6.45, 7) is 5.16. The molecule has 1 aromatic heterocycles. The normalized spacial score (nSPS) is 22.6. The summed E-state index contributed by atoms with van der Waals surface area (Å²) in [6.07, 6.45) is 2.61. The Hall–Kier alpha value is -2.50. The minimum atomic E-state index is -0.0755. The molecule has 0 radical (unpaired) electrons. The summed E-state index contributed by atoms with van der Waals surface area (Å²) in [6, 6.07) is 7.72. The molecule has 0 unspecified atom stereocenters. The number of rotatable bonds is 1. The molecule has 1 aromatic carbocycles. The summed E-state index contributed by atoms with van der Waals surface area (Å²) in [5.41, 5.74) is 0.538. The van der Waals surface area contributed by atoms with Crippen molar-refractivity contribution in [1.29, 1.82) is 0 Å². The van der Waals surface area contributed by atoms with Crippen LogP contribution in [0.25, 0.3) is 0 Å². The van der Waals surface area contributed by atoms with Crippen molar-refractivity contribution in [3.05, 3.63) is 36.0 Å². The van der Waals surface area contributed by atoms with Crippen LogP contribution >= 0.6 is 0 Å². The lowest BCUT2D eigenvalue weighted by Gasteiger charge is -2.37. The number of anilines is 1. The van der Waals surface area contributed by atoms with Gasteiger partial charge in [0.2, 0.25) is 0 Å². The van der Waals surface area contributed by atoms with Crippen LogP contribution < -0.4 is 14.4 Å². The van der Waals surface area contributed by atoms with Gasteiger partial charge in [-0.2, -0.15) is 5.10 Å². The molecule has 4 rings (SSSR count). The maximum atomic E-state index is 13.2. The van der Waals surface area contributed by atoms with E-state index in [9.17, 15) is 4.79 Å². The Morgan fingerprint density at radius 2 is 2.00 bits per heavy atom. The second kappa shape index (κ2) is 5.30. The van der Waals surface area contributed by atoms with Crippen LogP contribution in [0, 0.1) is 0 Å². The SMILES string of the molecule is C[C@@H]1C[C@H](C)n2nccc2N1C(=O)c1cccc2c1OCCO2. The summed E-state index contributed by atoms with van der Waals surface area (Å²) in [5.74, 6) is 1.93. The van der Waals surface area contributed by atoms with Gasteiger partial charge < -0.3 is 9.47 Å². The topological polar surface area (TPSA) is 56.6 Å². The second-order valence-corrected chi connectivity index (χ2v) is 6.07. The van der Waals surface area contributed by atoms with Crippen molar-refractivity contribution < 1.29 is 14.3 Å². The summed E-state index contributed by atoms with van der Waals surface area (Å²) in [4.78, 5) is 15.0. The van der Waals surface area contributed by atoms with E-state index >= 15 is 0 Å². The van der Waals surface area contributed by atoms with Gasteiger partial charge >= 0.3 is 0 Å². The lowest BCUT2D eigenvalue weighted by molar-refractivity contribution is 0.0955. The largest absolute Gasteiger partial charge is 0.486 e. The number of carbonyl (C=O) groups is 1. The smallest absolute Gasteiger partial charge is 0.263 e. The van der Waals surface area contributed by atoms with Crippen molar-refractivity contribution in [2.45, 2.75) is 32.4 Å². The fraction of sp³-hybridized carbons (Fsp3) is 0.412. The fourth-order valence-corrected chi connectivity index (χ4v) is 3.44. The Labute approximate surface area is 134 Å². The van der Waals surface area contributed by atoms with E-state index in [1.54, 1.807) is 17.2 Å². The monoisotopic (exact) mass is 313 g/mol. The maximum absolute atomic E-state index is 13.2. The van der Waals surface area contributed by atoms with Gasteiger partial charge in [-0.15, -0.1) is 0 Å². The van der Waals surface area contributed by atoms with Crippen molar-refractivity contribution in [2.75, 3.05) is 18.1 Å². The maximum Gasteiger partial charge on any atom is 0.263 e. The minimum absolute atomic E-state index is 0.0755. The molecule has 2 atom stereocenters. The Balaban J connectivity index is 1.77. The molecule has 23 heavy (non-hydrogen) atoms. The van der Waals surface area contributed by atoms with Crippen LogP contribution in [-0.4, -0.2) is 34.9 Å². The van der Waals surface area contributed by atoms with E-state index < -0.39 is 0 Å². The van der Waals surface area contributed by atoms with Crippen molar-refractivity contribution in [3.8, 4) is 11.5 Å². The van der Waals surface area contributed by atoms with Gasteiger partial charge in [-0.3, -0.25) is 9.69 Å². The lowest BCUT2D eigenvalue weighted by Crippen LogP contribution is -2.45. The van der Waals surface area contributed by atoms with Gasteiger partial charge in [0, 0.05) is 12.1 Å². The summed E-state index contributed by atoms with van der Waals surface area (Å²) in [5, 5.41) is 4.35. The molecule has 0 bridgehead atoms. The third kappa shape index (κ3) is 2.17. The molecule has 2 aliphatic rings. The molecule has 0 saturated heterocycles. The van der Waals surface area contributed by atoms with E-state index in [-0.39, 0.29) is 18.0 Å². The summed E-state index contributed by atoms with van der Waals surface area (Å²) < 4.78 is 13.2. The van der Waals surface area contributed by atoms with Gasteiger partial charge in [-0.1, -0.05) is 6.07 Å². The Bertz CT molecular complexity index is 755. The first-order valence-corrected chi connectivity index (χ1v) is 7.92. The highest BCUT2D eigenvalue weighted by molar-refractivity contribution is 6.08. The number of ether oxygens (including phenoxy) is 2. The predicted molar refractivity (Wildman–Crippen MR) is 85.3 cm³/mol. The molecule has 0 saturated carbocycles. The van der Waals surface area contributed by atoms with Crippen LogP contribution in [0.3, 0.4) is 0 Å². The van der Waals surface area contributed by atoms with Crippen LogP contribution in [-0.2, 0) is 0 Å². The zero-order valence-corrected chi connectivity index (χ0v) is 13.2. The Kier molecular flexibility index (Phi) is 3.25. The third-order valence-corrected chi connectivity index (χ3v) is 4.45. The predicted octanol–water partition coefficient (Wildman–Crippen LogP) is 2.65. The van der Waals surface area contributed by atoms with Gasteiger partial charge in [0.25, 0.3) is 5.91 Å². The standard InChI is InChI=1S/C17H19N3O3/c1-11-10-12(2)20-15(6-7-18-20)19(11)17(21)13-4-3-5-14-16(13)23-9-8-22-14/h3-7,11-12H,8-10H2,1-2H3/t11-,12+/m1/s1. The van der Waals surface area contributed by atoms with Gasteiger partial charge in [-0.25, -0.2) is 4.68 Å². The summed E-state index contributed by atoms with van der Waals surface area (Å²) in [7, 11) is 0. The molecular formula is C17H19N3O3. The highest BCUT2D eigenvalue weighted by Crippen LogP contribution is 2.37. The first-order valence-electron chi connectivity index (χ1n) is 7.92. The van der Waals surface area contributed by atoms with Crippen LogP contribution in [0.15, 0.2) is 30.5 Å². The number of para-hydroxylation sites is 1. The average molecular weight is 313 g/mol. The molecule has 2 aliphatic heterocycles. The molecule has 0 aliphatic carbocycles. The number of hydrogen-bond acceptors (Lipinski definition) is 4.